The molecule has 0 unspecified atom stereocenters. The van der Waals surface area contributed by atoms with Crippen molar-refractivity contribution in [2.75, 3.05) is 0 Å². The second kappa shape index (κ2) is 5.52. The Bertz CT molecular complexity index is 1030. The van der Waals surface area contributed by atoms with Crippen molar-refractivity contribution in [1.29, 1.82) is 0 Å². The van der Waals surface area contributed by atoms with E-state index in [-0.39, 0.29) is 6.54 Å². The van der Waals surface area contributed by atoms with Crippen LogP contribution >= 0.6 is 0 Å². The minimum Gasteiger partial charge on any atom is -0.275 e. The zero-order valence-corrected chi connectivity index (χ0v) is 12.8. The molecule has 24 heavy (non-hydrogen) atoms. The van der Waals surface area contributed by atoms with Crippen LogP contribution in [0.4, 0.5) is 8.78 Å². The molecule has 0 aliphatic heterocycles. The molecule has 4 aromatic rings. The maximum absolute atomic E-state index is 13.9. The summed E-state index contributed by atoms with van der Waals surface area (Å²) in [7, 11) is 1.84. The predicted molar refractivity (Wildman–Crippen MR) is 85.2 cm³/mol. The Morgan fingerprint density at radius 1 is 1.00 bits per heavy atom. The van der Waals surface area contributed by atoms with Crippen LogP contribution in [0.25, 0.3) is 22.2 Å². The first-order valence-electron chi connectivity index (χ1n) is 7.35. The van der Waals surface area contributed by atoms with Crippen LogP contribution in [0, 0.1) is 11.6 Å². The van der Waals surface area contributed by atoms with Gasteiger partial charge in [-0.2, -0.15) is 10.2 Å². The lowest BCUT2D eigenvalue weighted by molar-refractivity contribution is 0.561. The molecule has 7 heteroatoms. The summed E-state index contributed by atoms with van der Waals surface area (Å²) >= 11 is 0. The van der Waals surface area contributed by atoms with Crippen LogP contribution in [0.5, 0.6) is 0 Å². The van der Waals surface area contributed by atoms with Crippen molar-refractivity contribution in [3.63, 3.8) is 0 Å². The van der Waals surface area contributed by atoms with Gasteiger partial charge in [0.1, 0.15) is 17.2 Å². The van der Waals surface area contributed by atoms with Gasteiger partial charge in [-0.1, -0.05) is 6.07 Å². The van der Waals surface area contributed by atoms with E-state index in [1.54, 1.807) is 28.0 Å². The SMILES string of the molecule is Cn1cc(-c2cnc3cnn(Cc4ccc(F)cc4F)c3c2)cn1. The highest BCUT2D eigenvalue weighted by atomic mass is 19.1. The molecular weight excluding hydrogens is 312 g/mol. The summed E-state index contributed by atoms with van der Waals surface area (Å²) in [6, 6.07) is 5.48. The average molecular weight is 325 g/mol. The standard InChI is InChI=1S/C17H13F2N5/c1-23-9-13(7-21-23)12-4-17-16(20-6-12)8-22-24(17)10-11-2-3-14(18)5-15(11)19/h2-9H,10H2,1H3. The third-order valence-electron chi connectivity index (χ3n) is 3.87. The van der Waals surface area contributed by atoms with E-state index in [0.717, 1.165) is 22.7 Å². The molecular formula is C17H13F2N5. The van der Waals surface area contributed by atoms with Crippen LogP contribution in [0.2, 0.25) is 0 Å². The third kappa shape index (κ3) is 2.54. The number of pyridine rings is 1. The van der Waals surface area contributed by atoms with Crippen molar-refractivity contribution in [2.24, 2.45) is 7.05 Å². The maximum Gasteiger partial charge on any atom is 0.131 e. The van der Waals surface area contributed by atoms with E-state index in [1.807, 2.05) is 19.3 Å². The van der Waals surface area contributed by atoms with Gasteiger partial charge in [0.2, 0.25) is 0 Å². The van der Waals surface area contributed by atoms with E-state index in [0.29, 0.717) is 11.1 Å². The molecule has 0 fully saturated rings. The van der Waals surface area contributed by atoms with Crippen LogP contribution in [-0.4, -0.2) is 24.5 Å². The van der Waals surface area contributed by atoms with E-state index in [9.17, 15) is 8.78 Å². The summed E-state index contributed by atoms with van der Waals surface area (Å²) in [5.74, 6) is -1.18. The van der Waals surface area contributed by atoms with E-state index in [2.05, 4.69) is 15.2 Å². The molecule has 0 atom stereocenters. The quantitative estimate of drug-likeness (QED) is 0.581. The van der Waals surface area contributed by atoms with Gasteiger partial charge in [0, 0.05) is 42.2 Å². The van der Waals surface area contributed by atoms with Crippen molar-refractivity contribution in [3.05, 3.63) is 66.3 Å². The van der Waals surface area contributed by atoms with Crippen molar-refractivity contribution in [1.82, 2.24) is 24.5 Å². The summed E-state index contributed by atoms with van der Waals surface area (Å²) in [5.41, 5.74) is 3.70. The molecule has 3 heterocycles. The maximum atomic E-state index is 13.9. The topological polar surface area (TPSA) is 48.5 Å². The van der Waals surface area contributed by atoms with Gasteiger partial charge in [-0.15, -0.1) is 0 Å². The molecule has 0 spiro atoms. The highest BCUT2D eigenvalue weighted by Crippen LogP contribution is 2.23. The minimum atomic E-state index is -0.595. The molecule has 0 N–H and O–H groups in total. The van der Waals surface area contributed by atoms with Gasteiger partial charge in [-0.05, 0) is 12.1 Å². The molecule has 0 amide bonds. The molecule has 0 saturated carbocycles. The predicted octanol–water partition coefficient (Wildman–Crippen LogP) is 3.16. The number of nitrogens with zero attached hydrogens (tertiary/aromatic N) is 5. The Kier molecular flexibility index (Phi) is 3.34. The Labute approximate surface area is 136 Å². The molecule has 0 aliphatic carbocycles. The lowest BCUT2D eigenvalue weighted by Gasteiger charge is -2.06. The largest absolute Gasteiger partial charge is 0.275 e. The zero-order valence-electron chi connectivity index (χ0n) is 12.8. The van der Waals surface area contributed by atoms with Crippen LogP contribution in [0.15, 0.2) is 49.1 Å². The van der Waals surface area contributed by atoms with Gasteiger partial charge in [0.05, 0.1) is 24.5 Å². The number of hydrogen-bond acceptors (Lipinski definition) is 3. The fourth-order valence-electron chi connectivity index (χ4n) is 2.62. The first-order valence-corrected chi connectivity index (χ1v) is 7.35. The monoisotopic (exact) mass is 325 g/mol. The third-order valence-corrected chi connectivity index (χ3v) is 3.87. The lowest BCUT2D eigenvalue weighted by atomic mass is 10.1. The van der Waals surface area contributed by atoms with E-state index in [4.69, 9.17) is 0 Å². The highest BCUT2D eigenvalue weighted by molar-refractivity contribution is 5.80. The highest BCUT2D eigenvalue weighted by Gasteiger charge is 2.10. The van der Waals surface area contributed by atoms with Gasteiger partial charge >= 0.3 is 0 Å². The number of hydrogen-bond donors (Lipinski definition) is 0. The number of benzene rings is 1. The van der Waals surface area contributed by atoms with Gasteiger partial charge in [-0.3, -0.25) is 14.3 Å². The molecule has 4 rings (SSSR count). The van der Waals surface area contributed by atoms with Gasteiger partial charge in [0.25, 0.3) is 0 Å². The minimum absolute atomic E-state index is 0.202. The fraction of sp³-hybridized carbons (Fsp3) is 0.118. The second-order valence-corrected chi connectivity index (χ2v) is 5.57. The average Bonchev–Trinajstić information content (AvgIpc) is 3.16. The summed E-state index contributed by atoms with van der Waals surface area (Å²) in [5, 5.41) is 8.42. The fourth-order valence-corrected chi connectivity index (χ4v) is 2.62. The van der Waals surface area contributed by atoms with Crippen LogP contribution in [0.1, 0.15) is 5.56 Å². The number of halogens is 2. The Balaban J connectivity index is 1.75. The first kappa shape index (κ1) is 14.5. The van der Waals surface area contributed by atoms with Crippen molar-refractivity contribution < 1.29 is 8.78 Å². The molecule has 1 aromatic carbocycles. The first-order chi connectivity index (χ1) is 11.6. The van der Waals surface area contributed by atoms with Crippen molar-refractivity contribution in [3.8, 4) is 11.1 Å². The normalized spacial score (nSPS) is 11.3. The summed E-state index contributed by atoms with van der Waals surface area (Å²) < 4.78 is 30.3. The Morgan fingerprint density at radius 2 is 1.88 bits per heavy atom. The molecule has 0 aliphatic rings. The Morgan fingerprint density at radius 3 is 2.62 bits per heavy atom. The molecule has 3 aromatic heterocycles. The number of aryl methyl sites for hydroxylation is 1. The number of aromatic nitrogens is 5. The zero-order chi connectivity index (χ0) is 16.7. The van der Waals surface area contributed by atoms with E-state index < -0.39 is 11.6 Å². The second-order valence-electron chi connectivity index (χ2n) is 5.57. The summed E-state index contributed by atoms with van der Waals surface area (Å²) in [6.07, 6.45) is 7.03. The number of fused-ring (bicyclic) bond motifs is 1. The van der Waals surface area contributed by atoms with Crippen LogP contribution < -0.4 is 0 Å². The summed E-state index contributed by atoms with van der Waals surface area (Å²) in [6.45, 7) is 0.202. The molecule has 120 valence electrons. The van der Waals surface area contributed by atoms with Crippen molar-refractivity contribution in [2.45, 2.75) is 6.54 Å². The van der Waals surface area contributed by atoms with E-state index >= 15 is 0 Å². The molecule has 0 radical (unpaired) electrons. The molecule has 0 bridgehead atoms. The number of rotatable bonds is 3. The van der Waals surface area contributed by atoms with Gasteiger partial charge in [-0.25, -0.2) is 8.78 Å². The van der Waals surface area contributed by atoms with Gasteiger partial charge in [0.15, 0.2) is 0 Å². The molecule has 0 saturated heterocycles. The van der Waals surface area contributed by atoms with Gasteiger partial charge < -0.3 is 0 Å². The lowest BCUT2D eigenvalue weighted by Crippen LogP contribution is -2.04. The van der Waals surface area contributed by atoms with E-state index in [1.165, 1.54) is 12.1 Å². The summed E-state index contributed by atoms with van der Waals surface area (Å²) in [4.78, 5) is 4.39. The van der Waals surface area contributed by atoms with Crippen molar-refractivity contribution >= 4 is 11.0 Å². The van der Waals surface area contributed by atoms with Crippen LogP contribution in [0.3, 0.4) is 0 Å². The smallest absolute Gasteiger partial charge is 0.131 e. The molecule has 5 nitrogen and oxygen atoms in total. The Hall–Kier alpha value is -3.09. The van der Waals surface area contributed by atoms with Crippen LogP contribution in [-0.2, 0) is 13.6 Å².